The maximum atomic E-state index is 6.08. The molecule has 0 aliphatic carbocycles. The summed E-state index contributed by atoms with van der Waals surface area (Å²) in [5, 5.41) is 12.2. The Hall–Kier alpha value is -4.52. The molecule has 0 aliphatic rings. The first-order valence-electron chi connectivity index (χ1n) is 11.0. The third kappa shape index (κ3) is 4.49. The zero-order valence-corrected chi connectivity index (χ0v) is 18.9. The number of hydrogen-bond donors (Lipinski definition) is 1. The zero-order chi connectivity index (χ0) is 23.3. The van der Waals surface area contributed by atoms with Crippen LogP contribution in [0.4, 0.5) is 11.5 Å². The summed E-state index contributed by atoms with van der Waals surface area (Å²) in [6.07, 6.45) is 4.18. The van der Waals surface area contributed by atoms with Crippen LogP contribution in [-0.2, 0) is 6.42 Å². The maximum absolute atomic E-state index is 6.08. The lowest BCUT2D eigenvalue weighted by Gasteiger charge is -2.12. The smallest absolute Gasteiger partial charge is 0.156 e. The van der Waals surface area contributed by atoms with Crippen molar-refractivity contribution in [1.29, 1.82) is 0 Å². The molecule has 0 fully saturated rings. The van der Waals surface area contributed by atoms with Gasteiger partial charge < -0.3 is 14.8 Å². The summed E-state index contributed by atoms with van der Waals surface area (Å²) in [5.74, 6) is 2.72. The molecule has 7 heteroatoms. The first kappa shape index (κ1) is 21.3. The molecule has 3 aromatic heterocycles. The number of rotatable bonds is 7. The molecular formula is C27H23N5O2. The summed E-state index contributed by atoms with van der Waals surface area (Å²) in [4.78, 5) is 8.78. The van der Waals surface area contributed by atoms with Crippen molar-refractivity contribution in [2.24, 2.45) is 0 Å². The summed E-state index contributed by atoms with van der Waals surface area (Å²) in [7, 11) is 1.60. The van der Waals surface area contributed by atoms with Gasteiger partial charge in [-0.15, -0.1) is 10.2 Å². The van der Waals surface area contributed by atoms with Gasteiger partial charge in [0, 0.05) is 29.6 Å². The number of nitrogens with zero attached hydrogens (tertiary/aromatic N) is 4. The van der Waals surface area contributed by atoms with Gasteiger partial charge in [-0.3, -0.25) is 4.98 Å². The summed E-state index contributed by atoms with van der Waals surface area (Å²) in [6, 6.07) is 23.5. The standard InChI is InChI=1S/C27H23N5O2/c1-3-18-15-23(19-7-5-4-6-8-19)31-32-27(18)30-20-9-11-21(12-10-20)34-25-13-14-28-24-16-22(33-2)17-29-26(24)25/h4-17H,3H2,1-2H3,(H,30,32). The van der Waals surface area contributed by atoms with Crippen molar-refractivity contribution in [3.63, 3.8) is 0 Å². The average molecular weight is 450 g/mol. The minimum absolute atomic E-state index is 0.629. The van der Waals surface area contributed by atoms with Crippen LogP contribution in [0.3, 0.4) is 0 Å². The van der Waals surface area contributed by atoms with Crippen molar-refractivity contribution in [3.05, 3.63) is 90.8 Å². The molecule has 0 aliphatic heterocycles. The summed E-state index contributed by atoms with van der Waals surface area (Å²) in [6.45, 7) is 2.11. The van der Waals surface area contributed by atoms with Crippen LogP contribution in [0.25, 0.3) is 22.3 Å². The molecule has 5 rings (SSSR count). The molecular weight excluding hydrogens is 426 g/mol. The molecule has 2 aromatic carbocycles. The lowest BCUT2D eigenvalue weighted by molar-refractivity contribution is 0.413. The molecule has 0 spiro atoms. The minimum Gasteiger partial charge on any atom is -0.495 e. The number of nitrogens with one attached hydrogen (secondary N) is 1. The topological polar surface area (TPSA) is 82.1 Å². The van der Waals surface area contributed by atoms with Crippen LogP contribution in [0.15, 0.2) is 85.2 Å². The second-order valence-electron chi connectivity index (χ2n) is 7.63. The van der Waals surface area contributed by atoms with E-state index in [9.17, 15) is 0 Å². The Labute approximate surface area is 197 Å². The van der Waals surface area contributed by atoms with Crippen LogP contribution in [0.1, 0.15) is 12.5 Å². The predicted octanol–water partition coefficient (Wildman–Crippen LogP) is 6.19. The van der Waals surface area contributed by atoms with Crippen LogP contribution >= 0.6 is 0 Å². The van der Waals surface area contributed by atoms with E-state index >= 15 is 0 Å². The lowest BCUT2D eigenvalue weighted by atomic mass is 10.1. The van der Waals surface area contributed by atoms with Crippen LogP contribution < -0.4 is 14.8 Å². The van der Waals surface area contributed by atoms with Gasteiger partial charge in [-0.05, 0) is 42.3 Å². The number of pyridine rings is 2. The quantitative estimate of drug-likeness (QED) is 0.317. The highest BCUT2D eigenvalue weighted by Crippen LogP contribution is 2.30. The number of aromatic nitrogens is 4. The highest BCUT2D eigenvalue weighted by Gasteiger charge is 2.10. The van der Waals surface area contributed by atoms with E-state index in [1.165, 1.54) is 0 Å². The van der Waals surface area contributed by atoms with Gasteiger partial charge in [0.25, 0.3) is 0 Å². The monoisotopic (exact) mass is 449 g/mol. The largest absolute Gasteiger partial charge is 0.495 e. The Morgan fingerprint density at radius 2 is 1.68 bits per heavy atom. The van der Waals surface area contributed by atoms with Gasteiger partial charge in [0.05, 0.1) is 24.5 Å². The van der Waals surface area contributed by atoms with Crippen molar-refractivity contribution >= 4 is 22.5 Å². The van der Waals surface area contributed by atoms with E-state index in [1.807, 2.05) is 60.7 Å². The summed E-state index contributed by atoms with van der Waals surface area (Å²) >= 11 is 0. The predicted molar refractivity (Wildman–Crippen MR) is 133 cm³/mol. The fraction of sp³-hybridized carbons (Fsp3) is 0.111. The molecule has 0 atom stereocenters. The number of aryl methyl sites for hydroxylation is 1. The molecule has 168 valence electrons. The molecule has 1 N–H and O–H groups in total. The van der Waals surface area contributed by atoms with E-state index in [0.29, 0.717) is 28.3 Å². The molecule has 0 amide bonds. The highest BCUT2D eigenvalue weighted by atomic mass is 16.5. The lowest BCUT2D eigenvalue weighted by Crippen LogP contribution is -2.01. The minimum atomic E-state index is 0.629. The number of fused-ring (bicyclic) bond motifs is 1. The number of benzene rings is 2. The molecule has 0 radical (unpaired) electrons. The third-order valence-electron chi connectivity index (χ3n) is 5.42. The molecule has 7 nitrogen and oxygen atoms in total. The van der Waals surface area contributed by atoms with Crippen LogP contribution in [0.5, 0.6) is 17.2 Å². The molecule has 0 unspecified atom stereocenters. The molecule has 3 heterocycles. The van der Waals surface area contributed by atoms with Gasteiger partial charge >= 0.3 is 0 Å². The second kappa shape index (κ2) is 9.54. The average Bonchev–Trinajstić information content (AvgIpc) is 2.90. The number of ether oxygens (including phenoxy) is 2. The normalized spacial score (nSPS) is 10.8. The Bertz CT molecular complexity index is 1420. The Balaban J connectivity index is 1.34. The fourth-order valence-electron chi connectivity index (χ4n) is 3.61. The van der Waals surface area contributed by atoms with Crippen molar-refractivity contribution in [1.82, 2.24) is 20.2 Å². The van der Waals surface area contributed by atoms with E-state index in [4.69, 9.17) is 9.47 Å². The highest BCUT2D eigenvalue weighted by molar-refractivity contribution is 5.81. The van der Waals surface area contributed by atoms with Gasteiger partial charge in [-0.2, -0.15) is 0 Å². The summed E-state index contributed by atoms with van der Waals surface area (Å²) in [5.41, 5.74) is 5.29. The zero-order valence-electron chi connectivity index (χ0n) is 18.9. The Kier molecular flexibility index (Phi) is 5.99. The van der Waals surface area contributed by atoms with Crippen LogP contribution in [0, 0.1) is 0 Å². The van der Waals surface area contributed by atoms with Gasteiger partial charge in [0.2, 0.25) is 0 Å². The van der Waals surface area contributed by atoms with Crippen LogP contribution in [-0.4, -0.2) is 27.3 Å². The van der Waals surface area contributed by atoms with Crippen molar-refractivity contribution in [3.8, 4) is 28.5 Å². The van der Waals surface area contributed by atoms with E-state index in [1.54, 1.807) is 25.6 Å². The van der Waals surface area contributed by atoms with Crippen LogP contribution in [0.2, 0.25) is 0 Å². The molecule has 0 saturated heterocycles. The summed E-state index contributed by atoms with van der Waals surface area (Å²) < 4.78 is 11.3. The first-order chi connectivity index (χ1) is 16.7. The van der Waals surface area contributed by atoms with E-state index in [0.717, 1.165) is 34.7 Å². The fourth-order valence-corrected chi connectivity index (χ4v) is 3.61. The van der Waals surface area contributed by atoms with Crippen molar-refractivity contribution in [2.45, 2.75) is 13.3 Å². The van der Waals surface area contributed by atoms with Gasteiger partial charge in [-0.1, -0.05) is 37.3 Å². The Morgan fingerprint density at radius 3 is 2.44 bits per heavy atom. The SMILES string of the molecule is CCc1cc(-c2ccccc2)nnc1Nc1ccc(Oc2ccnc3cc(OC)cnc23)cc1. The first-order valence-corrected chi connectivity index (χ1v) is 11.0. The molecule has 34 heavy (non-hydrogen) atoms. The second-order valence-corrected chi connectivity index (χ2v) is 7.63. The number of hydrogen-bond acceptors (Lipinski definition) is 7. The molecule has 0 saturated carbocycles. The maximum Gasteiger partial charge on any atom is 0.156 e. The molecule has 0 bridgehead atoms. The molecule has 5 aromatic rings. The van der Waals surface area contributed by atoms with Gasteiger partial charge in [0.15, 0.2) is 11.6 Å². The van der Waals surface area contributed by atoms with Gasteiger partial charge in [-0.25, -0.2) is 4.98 Å². The van der Waals surface area contributed by atoms with E-state index < -0.39 is 0 Å². The van der Waals surface area contributed by atoms with E-state index in [2.05, 4.69) is 38.5 Å². The van der Waals surface area contributed by atoms with Crippen molar-refractivity contribution < 1.29 is 9.47 Å². The third-order valence-corrected chi connectivity index (χ3v) is 5.42. The van der Waals surface area contributed by atoms with Crippen molar-refractivity contribution in [2.75, 3.05) is 12.4 Å². The van der Waals surface area contributed by atoms with Gasteiger partial charge in [0.1, 0.15) is 17.0 Å². The number of methoxy groups -OCH3 is 1. The number of anilines is 2. The van der Waals surface area contributed by atoms with E-state index in [-0.39, 0.29) is 0 Å². The Morgan fingerprint density at radius 1 is 0.853 bits per heavy atom.